The number of rotatable bonds is 7. The van der Waals surface area contributed by atoms with Crippen LogP contribution < -0.4 is 4.74 Å². The van der Waals surface area contributed by atoms with Crippen molar-refractivity contribution in [1.82, 2.24) is 9.97 Å². The Morgan fingerprint density at radius 1 is 0.968 bits per heavy atom. The van der Waals surface area contributed by atoms with E-state index in [9.17, 15) is 23.1 Å². The maximum atomic E-state index is 13.1. The minimum absolute atomic E-state index is 0.161. The first-order valence-corrected chi connectivity index (χ1v) is 9.16. The fraction of sp³-hybridized carbons (Fsp3) is 0.227. The molecule has 0 saturated carbocycles. The van der Waals surface area contributed by atoms with Gasteiger partial charge in [0, 0.05) is 19.0 Å². The average molecular weight is 432 g/mol. The SMILES string of the molecule is CO[C@@](c1ccccc1)(c1ccc(C(F)(F)F)cc1)[C@@H](Oc1nccc(C)n1)C(=O)O. The summed E-state index contributed by atoms with van der Waals surface area (Å²) >= 11 is 0. The van der Waals surface area contributed by atoms with Crippen LogP contribution in [0.4, 0.5) is 13.2 Å². The Bertz CT molecular complexity index is 1040. The van der Waals surface area contributed by atoms with Gasteiger partial charge in [-0.2, -0.15) is 13.2 Å². The zero-order chi connectivity index (χ0) is 22.6. The molecule has 9 heteroatoms. The standard InChI is InChI=1S/C22H19F3N2O4/c1-14-12-13-26-20(27-14)31-18(19(28)29)21(30-2,15-6-4-3-5-7-15)16-8-10-17(11-9-16)22(23,24)25/h3-13,18H,1-2H3,(H,28,29)/t18-,21-/m0/s1. The second kappa shape index (κ2) is 8.73. The minimum atomic E-state index is -4.54. The van der Waals surface area contributed by atoms with Gasteiger partial charge in [-0.3, -0.25) is 0 Å². The molecule has 0 bridgehead atoms. The highest BCUT2D eigenvalue weighted by Crippen LogP contribution is 2.40. The molecule has 0 spiro atoms. The number of aromatic nitrogens is 2. The van der Waals surface area contributed by atoms with Crippen LogP contribution in [0.5, 0.6) is 6.01 Å². The Hall–Kier alpha value is -3.46. The quantitative estimate of drug-likeness (QED) is 0.602. The van der Waals surface area contributed by atoms with E-state index < -0.39 is 29.4 Å². The highest BCUT2D eigenvalue weighted by molar-refractivity contribution is 5.76. The molecule has 0 amide bonds. The first-order valence-electron chi connectivity index (χ1n) is 9.16. The van der Waals surface area contributed by atoms with Gasteiger partial charge in [-0.05, 0) is 36.2 Å². The van der Waals surface area contributed by atoms with Crippen LogP contribution in [0.3, 0.4) is 0 Å². The van der Waals surface area contributed by atoms with Gasteiger partial charge in [-0.15, -0.1) is 0 Å². The number of nitrogens with zero attached hydrogens (tertiary/aromatic N) is 2. The van der Waals surface area contributed by atoms with Crippen molar-refractivity contribution >= 4 is 5.97 Å². The summed E-state index contributed by atoms with van der Waals surface area (Å²) in [5, 5.41) is 10.0. The molecule has 31 heavy (non-hydrogen) atoms. The molecular weight excluding hydrogens is 413 g/mol. The van der Waals surface area contributed by atoms with Crippen molar-refractivity contribution in [2.45, 2.75) is 24.8 Å². The van der Waals surface area contributed by atoms with Gasteiger partial charge in [0.15, 0.2) is 5.60 Å². The number of hydrogen-bond donors (Lipinski definition) is 1. The first-order chi connectivity index (χ1) is 14.7. The van der Waals surface area contributed by atoms with Gasteiger partial charge < -0.3 is 14.6 Å². The summed E-state index contributed by atoms with van der Waals surface area (Å²) in [4.78, 5) is 20.3. The molecule has 1 aromatic heterocycles. The van der Waals surface area contributed by atoms with Gasteiger partial charge in [0.05, 0.1) is 5.56 Å². The van der Waals surface area contributed by atoms with Crippen molar-refractivity contribution in [3.05, 3.63) is 89.2 Å². The number of carboxylic acids is 1. The van der Waals surface area contributed by atoms with Crippen LogP contribution in [-0.2, 0) is 21.3 Å². The normalized spacial score (nSPS) is 14.5. The molecular formula is C22H19F3N2O4. The minimum Gasteiger partial charge on any atom is -0.478 e. The molecule has 0 aliphatic carbocycles. The summed E-state index contributed by atoms with van der Waals surface area (Å²) < 4.78 is 50.6. The number of alkyl halides is 3. The van der Waals surface area contributed by atoms with E-state index in [-0.39, 0.29) is 11.6 Å². The Balaban J connectivity index is 2.20. The second-order valence-corrected chi connectivity index (χ2v) is 6.70. The molecule has 0 saturated heterocycles. The van der Waals surface area contributed by atoms with Crippen LogP contribution in [-0.4, -0.2) is 34.3 Å². The number of methoxy groups -OCH3 is 1. The van der Waals surface area contributed by atoms with E-state index in [1.54, 1.807) is 43.3 Å². The van der Waals surface area contributed by atoms with Crippen LogP contribution in [0.25, 0.3) is 0 Å². The summed E-state index contributed by atoms with van der Waals surface area (Å²) in [6.45, 7) is 1.68. The topological polar surface area (TPSA) is 81.5 Å². The van der Waals surface area contributed by atoms with E-state index in [1.807, 2.05) is 0 Å². The fourth-order valence-corrected chi connectivity index (χ4v) is 3.30. The number of benzene rings is 2. The van der Waals surface area contributed by atoms with Gasteiger partial charge in [-0.25, -0.2) is 14.8 Å². The summed E-state index contributed by atoms with van der Waals surface area (Å²) in [6, 6.07) is 13.8. The number of ether oxygens (including phenoxy) is 2. The maximum Gasteiger partial charge on any atom is 0.416 e. The number of carboxylic acid groups (broad SMARTS) is 1. The van der Waals surface area contributed by atoms with Gasteiger partial charge in [0.25, 0.3) is 0 Å². The highest BCUT2D eigenvalue weighted by atomic mass is 19.4. The lowest BCUT2D eigenvalue weighted by molar-refractivity contribution is -0.160. The molecule has 1 heterocycles. The molecule has 3 rings (SSSR count). The third-order valence-electron chi connectivity index (χ3n) is 4.76. The number of aliphatic carboxylic acids is 1. The van der Waals surface area contributed by atoms with Crippen molar-refractivity contribution < 1.29 is 32.5 Å². The molecule has 0 unspecified atom stereocenters. The predicted molar refractivity (Wildman–Crippen MR) is 104 cm³/mol. The summed E-state index contributed by atoms with van der Waals surface area (Å²) in [5.74, 6) is -1.41. The third kappa shape index (κ3) is 4.51. The summed E-state index contributed by atoms with van der Waals surface area (Å²) in [5.41, 5.74) is -1.58. The van der Waals surface area contributed by atoms with E-state index in [4.69, 9.17) is 9.47 Å². The van der Waals surface area contributed by atoms with Crippen LogP contribution in [0.2, 0.25) is 0 Å². The Labute approximate surface area is 176 Å². The molecule has 2 atom stereocenters. The monoisotopic (exact) mass is 432 g/mol. The lowest BCUT2D eigenvalue weighted by atomic mass is 9.80. The van der Waals surface area contributed by atoms with E-state index >= 15 is 0 Å². The highest BCUT2D eigenvalue weighted by Gasteiger charge is 2.49. The smallest absolute Gasteiger partial charge is 0.416 e. The number of hydrogen-bond acceptors (Lipinski definition) is 5. The Morgan fingerprint density at radius 3 is 2.06 bits per heavy atom. The van der Waals surface area contributed by atoms with E-state index in [0.29, 0.717) is 11.3 Å². The van der Waals surface area contributed by atoms with Crippen LogP contribution in [0.15, 0.2) is 66.9 Å². The lowest BCUT2D eigenvalue weighted by Crippen LogP contribution is -2.50. The molecule has 3 aromatic rings. The van der Waals surface area contributed by atoms with Crippen molar-refractivity contribution in [2.75, 3.05) is 7.11 Å². The van der Waals surface area contributed by atoms with Gasteiger partial charge in [-0.1, -0.05) is 42.5 Å². The second-order valence-electron chi connectivity index (χ2n) is 6.70. The zero-order valence-electron chi connectivity index (χ0n) is 16.6. The average Bonchev–Trinajstić information content (AvgIpc) is 2.74. The Morgan fingerprint density at radius 2 is 1.55 bits per heavy atom. The largest absolute Gasteiger partial charge is 0.478 e. The van der Waals surface area contributed by atoms with E-state index in [1.165, 1.54) is 25.4 Å². The van der Waals surface area contributed by atoms with Gasteiger partial charge in [0.1, 0.15) is 0 Å². The molecule has 0 aliphatic heterocycles. The van der Waals surface area contributed by atoms with Crippen LogP contribution in [0.1, 0.15) is 22.4 Å². The zero-order valence-corrected chi connectivity index (χ0v) is 16.6. The van der Waals surface area contributed by atoms with E-state index in [0.717, 1.165) is 12.1 Å². The van der Waals surface area contributed by atoms with Gasteiger partial charge >= 0.3 is 18.2 Å². The summed E-state index contributed by atoms with van der Waals surface area (Å²) in [6.07, 6.45) is -4.84. The third-order valence-corrected chi connectivity index (χ3v) is 4.76. The van der Waals surface area contributed by atoms with E-state index in [2.05, 4.69) is 9.97 Å². The van der Waals surface area contributed by atoms with Crippen molar-refractivity contribution in [3.8, 4) is 6.01 Å². The molecule has 1 N–H and O–H groups in total. The van der Waals surface area contributed by atoms with Crippen molar-refractivity contribution in [1.29, 1.82) is 0 Å². The molecule has 0 fully saturated rings. The molecule has 162 valence electrons. The van der Waals surface area contributed by atoms with Crippen LogP contribution >= 0.6 is 0 Å². The molecule has 6 nitrogen and oxygen atoms in total. The maximum absolute atomic E-state index is 13.1. The summed E-state index contributed by atoms with van der Waals surface area (Å²) in [7, 11) is 1.26. The fourth-order valence-electron chi connectivity index (χ4n) is 3.30. The lowest BCUT2D eigenvalue weighted by Gasteiger charge is -2.37. The Kier molecular flexibility index (Phi) is 6.26. The number of halogens is 3. The van der Waals surface area contributed by atoms with Crippen LogP contribution in [0, 0.1) is 6.92 Å². The van der Waals surface area contributed by atoms with Crippen molar-refractivity contribution in [3.63, 3.8) is 0 Å². The molecule has 0 aliphatic rings. The molecule has 0 radical (unpaired) electrons. The molecule has 2 aromatic carbocycles. The van der Waals surface area contributed by atoms with Crippen molar-refractivity contribution in [2.24, 2.45) is 0 Å². The number of aryl methyl sites for hydroxylation is 1. The first kappa shape index (κ1) is 22.2. The number of carbonyl (C=O) groups is 1. The predicted octanol–water partition coefficient (Wildman–Crippen LogP) is 4.23. The van der Waals surface area contributed by atoms with Gasteiger partial charge in [0.2, 0.25) is 6.10 Å².